The average Bonchev–Trinajstić information content (AvgIpc) is 3.31. The van der Waals surface area contributed by atoms with Gasteiger partial charge in [0.05, 0.1) is 15.3 Å². The maximum Gasteiger partial charge on any atom is 0.417 e. The lowest BCUT2D eigenvalue weighted by atomic mass is 10.0. The second-order valence-electron chi connectivity index (χ2n) is 9.77. The molecule has 0 saturated carbocycles. The summed E-state index contributed by atoms with van der Waals surface area (Å²) in [4.78, 5) is 25.2. The predicted molar refractivity (Wildman–Crippen MR) is 146 cm³/mol. The van der Waals surface area contributed by atoms with E-state index >= 15 is 0 Å². The first-order valence-electron chi connectivity index (χ1n) is 12.6. The Balaban J connectivity index is 1.54. The lowest BCUT2D eigenvalue weighted by Crippen LogP contribution is -2.47. The number of hydrogen-bond donors (Lipinski definition) is 2. The summed E-state index contributed by atoms with van der Waals surface area (Å²) in [5, 5.41) is 6.47. The molecule has 2 N–H and O–H groups in total. The van der Waals surface area contributed by atoms with Crippen LogP contribution in [-0.4, -0.2) is 50.7 Å². The molecule has 40 heavy (non-hydrogen) atoms. The molecule has 0 saturated heterocycles. The van der Waals surface area contributed by atoms with E-state index in [1.807, 2.05) is 38.1 Å². The molecular weight excluding hydrogens is 570 g/mol. The molecule has 0 aliphatic heterocycles. The van der Waals surface area contributed by atoms with Gasteiger partial charge in [0.1, 0.15) is 11.9 Å². The monoisotopic (exact) mass is 601 g/mol. The van der Waals surface area contributed by atoms with Crippen LogP contribution < -0.4 is 10.6 Å². The molecule has 0 bridgehead atoms. The number of alkyl halides is 3. The summed E-state index contributed by atoms with van der Waals surface area (Å²) in [7, 11) is -3.40. The fourth-order valence-electron chi connectivity index (χ4n) is 4.06. The third-order valence-corrected chi connectivity index (χ3v) is 9.14. The maximum absolute atomic E-state index is 13.4. The number of benzene rings is 2. The first-order chi connectivity index (χ1) is 18.7. The zero-order valence-corrected chi connectivity index (χ0v) is 23.9. The van der Waals surface area contributed by atoms with Crippen LogP contribution >= 0.6 is 11.3 Å². The van der Waals surface area contributed by atoms with Crippen molar-refractivity contribution in [3.63, 3.8) is 0 Å². The van der Waals surface area contributed by atoms with Gasteiger partial charge < -0.3 is 10.6 Å². The fraction of sp³-hybridized carbons (Fsp3) is 0.407. The fourth-order valence-corrected chi connectivity index (χ4v) is 6.42. The van der Waals surface area contributed by atoms with Crippen molar-refractivity contribution in [3.8, 4) is 0 Å². The van der Waals surface area contributed by atoms with E-state index in [-0.39, 0.29) is 43.3 Å². The SMILES string of the molecule is CC(C)C[C@H](NC(=O)c1cc2ccccc2s1)C(=O)NCCCCN(C)S(=O)(=O)c1ccc(F)cc1C(F)(F)F. The minimum absolute atomic E-state index is 0.116. The van der Waals surface area contributed by atoms with Crippen molar-refractivity contribution < 1.29 is 35.6 Å². The molecule has 1 atom stereocenters. The van der Waals surface area contributed by atoms with Crippen LogP contribution in [-0.2, 0) is 21.0 Å². The van der Waals surface area contributed by atoms with Crippen molar-refractivity contribution in [1.82, 2.24) is 14.9 Å². The highest BCUT2D eigenvalue weighted by Gasteiger charge is 2.38. The van der Waals surface area contributed by atoms with Gasteiger partial charge in [-0.1, -0.05) is 32.0 Å². The number of carbonyl (C=O) groups is 2. The molecule has 0 fully saturated rings. The van der Waals surface area contributed by atoms with E-state index in [1.165, 1.54) is 11.3 Å². The molecule has 0 spiro atoms. The maximum atomic E-state index is 13.4. The van der Waals surface area contributed by atoms with E-state index < -0.39 is 38.5 Å². The molecule has 1 aromatic heterocycles. The second-order valence-corrected chi connectivity index (χ2v) is 12.9. The summed E-state index contributed by atoms with van der Waals surface area (Å²) >= 11 is 1.33. The largest absolute Gasteiger partial charge is 0.417 e. The normalized spacial score (nSPS) is 13.1. The number of unbranched alkanes of at least 4 members (excludes halogenated alkanes) is 1. The van der Waals surface area contributed by atoms with Crippen LogP contribution in [0.5, 0.6) is 0 Å². The van der Waals surface area contributed by atoms with Crippen LogP contribution in [0.3, 0.4) is 0 Å². The number of sulfonamides is 1. The van der Waals surface area contributed by atoms with Crippen LogP contribution in [0, 0.1) is 11.7 Å². The Hall–Kier alpha value is -3.03. The Morgan fingerprint density at radius 2 is 1.75 bits per heavy atom. The van der Waals surface area contributed by atoms with Gasteiger partial charge in [0.2, 0.25) is 15.9 Å². The molecule has 0 radical (unpaired) electrons. The van der Waals surface area contributed by atoms with Crippen molar-refractivity contribution >= 4 is 43.3 Å². The number of hydrogen-bond acceptors (Lipinski definition) is 5. The molecule has 1 heterocycles. The summed E-state index contributed by atoms with van der Waals surface area (Å²) in [5.74, 6) is -1.82. The van der Waals surface area contributed by atoms with Crippen LogP contribution in [0.1, 0.15) is 48.3 Å². The Morgan fingerprint density at radius 3 is 2.40 bits per heavy atom. The van der Waals surface area contributed by atoms with Gasteiger partial charge >= 0.3 is 6.18 Å². The van der Waals surface area contributed by atoms with E-state index in [2.05, 4.69) is 10.6 Å². The summed E-state index contributed by atoms with van der Waals surface area (Å²) in [6, 6.07) is 9.99. The van der Waals surface area contributed by atoms with E-state index in [4.69, 9.17) is 0 Å². The van der Waals surface area contributed by atoms with Crippen LogP contribution in [0.4, 0.5) is 17.6 Å². The lowest BCUT2D eigenvalue weighted by molar-refractivity contribution is -0.140. The van der Waals surface area contributed by atoms with Gasteiger partial charge in [-0.25, -0.2) is 17.1 Å². The van der Waals surface area contributed by atoms with Crippen LogP contribution in [0.2, 0.25) is 0 Å². The average molecular weight is 602 g/mol. The standard InChI is InChI=1S/C27H31F4N3O4S2/c1-17(2)14-21(33-26(36)23-15-18-8-4-5-9-22(18)39-23)25(35)32-12-6-7-13-34(3)40(37,38)24-11-10-19(28)16-20(24)27(29,30)31/h4-5,8-11,15-17,21H,6-7,12-14H2,1-3H3,(H,32,35)(H,33,36)/t21-/m0/s1. The number of rotatable bonds is 12. The molecule has 0 aliphatic rings. The highest BCUT2D eigenvalue weighted by Crippen LogP contribution is 2.35. The molecule has 0 unspecified atom stereocenters. The Kier molecular flexibility index (Phi) is 10.3. The predicted octanol–water partition coefficient (Wildman–Crippen LogP) is 5.42. The number of fused-ring (bicyclic) bond motifs is 1. The molecule has 3 aromatic rings. The van der Waals surface area contributed by atoms with Crippen molar-refractivity contribution in [1.29, 1.82) is 0 Å². The van der Waals surface area contributed by atoms with Crippen molar-refractivity contribution in [3.05, 3.63) is 64.8 Å². The first kappa shape index (κ1) is 31.5. The number of nitrogens with zero attached hydrogens (tertiary/aromatic N) is 1. The van der Waals surface area contributed by atoms with E-state index in [0.29, 0.717) is 29.9 Å². The van der Waals surface area contributed by atoms with Crippen molar-refractivity contribution in [2.75, 3.05) is 20.1 Å². The highest BCUT2D eigenvalue weighted by atomic mass is 32.2. The van der Waals surface area contributed by atoms with E-state index in [9.17, 15) is 35.6 Å². The molecule has 2 aromatic carbocycles. The number of halogens is 4. The topological polar surface area (TPSA) is 95.6 Å². The summed E-state index contributed by atoms with van der Waals surface area (Å²) < 4.78 is 80.5. The van der Waals surface area contributed by atoms with E-state index in [1.54, 1.807) is 6.07 Å². The van der Waals surface area contributed by atoms with E-state index in [0.717, 1.165) is 21.4 Å². The zero-order valence-electron chi connectivity index (χ0n) is 22.2. The molecular formula is C27H31F4N3O4S2. The van der Waals surface area contributed by atoms with Crippen molar-refractivity contribution in [2.45, 2.75) is 50.2 Å². The van der Waals surface area contributed by atoms with Crippen LogP contribution in [0.25, 0.3) is 10.1 Å². The van der Waals surface area contributed by atoms with Gasteiger partial charge in [0.15, 0.2) is 0 Å². The first-order valence-corrected chi connectivity index (χ1v) is 14.9. The number of thiophene rings is 1. The lowest BCUT2D eigenvalue weighted by Gasteiger charge is -2.21. The molecule has 218 valence electrons. The third kappa shape index (κ3) is 8.01. The Bertz CT molecular complexity index is 1420. The smallest absolute Gasteiger partial charge is 0.354 e. The van der Waals surface area contributed by atoms with Gasteiger partial charge in [-0.3, -0.25) is 9.59 Å². The molecule has 7 nitrogen and oxygen atoms in total. The second kappa shape index (κ2) is 13.1. The van der Waals surface area contributed by atoms with Gasteiger partial charge in [0.25, 0.3) is 5.91 Å². The molecule has 3 rings (SSSR count). The molecule has 13 heteroatoms. The zero-order chi connectivity index (χ0) is 29.7. The Labute approximate surface area is 234 Å². The van der Waals surface area contributed by atoms with Crippen LogP contribution in [0.15, 0.2) is 53.4 Å². The van der Waals surface area contributed by atoms with Gasteiger partial charge in [-0.15, -0.1) is 11.3 Å². The minimum atomic E-state index is -5.05. The Morgan fingerprint density at radius 1 is 1.05 bits per heavy atom. The van der Waals surface area contributed by atoms with Gasteiger partial charge in [-0.2, -0.15) is 13.2 Å². The number of nitrogens with one attached hydrogen (secondary N) is 2. The summed E-state index contributed by atoms with van der Waals surface area (Å²) in [6.45, 7) is 3.90. The van der Waals surface area contributed by atoms with Crippen molar-refractivity contribution in [2.24, 2.45) is 5.92 Å². The summed E-state index contributed by atoms with van der Waals surface area (Å²) in [6.07, 6.45) is -4.07. The quantitative estimate of drug-likeness (QED) is 0.214. The third-order valence-electron chi connectivity index (χ3n) is 6.11. The number of amides is 2. The summed E-state index contributed by atoms with van der Waals surface area (Å²) in [5.41, 5.74) is -1.57. The number of carbonyl (C=O) groups excluding carboxylic acids is 2. The molecule has 2 amide bonds. The minimum Gasteiger partial charge on any atom is -0.354 e. The molecule has 0 aliphatic carbocycles. The van der Waals surface area contributed by atoms with Gasteiger partial charge in [0, 0.05) is 24.8 Å². The van der Waals surface area contributed by atoms with Gasteiger partial charge in [-0.05, 0) is 60.9 Å². The highest BCUT2D eigenvalue weighted by molar-refractivity contribution is 7.89.